The van der Waals surface area contributed by atoms with Crippen molar-refractivity contribution in [3.8, 4) is 0 Å². The maximum Gasteiger partial charge on any atom is 0.328 e. The lowest BCUT2D eigenvalue weighted by Gasteiger charge is -2.10. The largest absolute Gasteiger partial charge is 0.328 e. The zero-order chi connectivity index (χ0) is 18.7. The third kappa shape index (κ3) is 3.80. The number of H-pyrrole nitrogens is 1. The summed E-state index contributed by atoms with van der Waals surface area (Å²) in [4.78, 5) is 43.7. The molecule has 3 aromatic rings. The van der Waals surface area contributed by atoms with Crippen molar-refractivity contribution in [1.29, 1.82) is 0 Å². The molecule has 0 saturated heterocycles. The van der Waals surface area contributed by atoms with Crippen LogP contribution in [0.25, 0.3) is 0 Å². The number of anilines is 1. The Kier molecular flexibility index (Phi) is 5.13. The van der Waals surface area contributed by atoms with Crippen molar-refractivity contribution in [1.82, 2.24) is 14.5 Å². The Morgan fingerprint density at radius 2 is 2.08 bits per heavy atom. The van der Waals surface area contributed by atoms with Crippen LogP contribution in [0.3, 0.4) is 0 Å². The molecule has 0 bridgehead atoms. The molecule has 0 aliphatic carbocycles. The van der Waals surface area contributed by atoms with Crippen molar-refractivity contribution in [2.24, 2.45) is 0 Å². The maximum absolute atomic E-state index is 12.6. The molecule has 0 radical (unpaired) electrons. The molecule has 132 valence electrons. The summed E-state index contributed by atoms with van der Waals surface area (Å²) in [5.41, 5.74) is 0.541. The average Bonchev–Trinajstić information content (AvgIpc) is 2.62. The molecule has 0 spiro atoms. The van der Waals surface area contributed by atoms with E-state index in [1.807, 2.05) is 13.0 Å². The SMILES string of the molecule is Cc1cc(Br)ccc1NC(=O)c1c[nH]c(=O)n(Cc2ccccn2)c1=O. The standard InChI is InChI=1S/C18H15BrN4O3/c1-11-8-12(19)5-6-15(11)22-16(24)14-9-21-18(26)23(17(14)25)10-13-4-2-3-7-20-13/h2-9H,10H2,1H3,(H,21,26)(H,22,24). The van der Waals surface area contributed by atoms with Crippen molar-refractivity contribution >= 4 is 27.5 Å². The molecule has 2 aromatic heterocycles. The van der Waals surface area contributed by atoms with Gasteiger partial charge in [0.05, 0.1) is 12.2 Å². The number of hydrogen-bond acceptors (Lipinski definition) is 4. The fourth-order valence-electron chi connectivity index (χ4n) is 2.43. The summed E-state index contributed by atoms with van der Waals surface area (Å²) in [5.74, 6) is -0.591. The molecule has 26 heavy (non-hydrogen) atoms. The van der Waals surface area contributed by atoms with E-state index in [-0.39, 0.29) is 12.1 Å². The van der Waals surface area contributed by atoms with Crippen LogP contribution in [0.2, 0.25) is 0 Å². The molecule has 2 heterocycles. The number of aromatic amines is 1. The second-order valence-electron chi connectivity index (χ2n) is 5.63. The normalized spacial score (nSPS) is 10.5. The van der Waals surface area contributed by atoms with Gasteiger partial charge in [0.2, 0.25) is 0 Å². The fourth-order valence-corrected chi connectivity index (χ4v) is 2.90. The van der Waals surface area contributed by atoms with Crippen molar-refractivity contribution < 1.29 is 4.79 Å². The number of nitrogens with one attached hydrogen (secondary N) is 2. The topological polar surface area (TPSA) is 96.8 Å². The number of rotatable bonds is 4. The molecule has 0 saturated carbocycles. The molecule has 1 aromatic carbocycles. The van der Waals surface area contributed by atoms with E-state index < -0.39 is 17.2 Å². The first-order valence-corrected chi connectivity index (χ1v) is 8.55. The zero-order valence-electron chi connectivity index (χ0n) is 13.8. The lowest BCUT2D eigenvalue weighted by Crippen LogP contribution is -2.39. The number of benzene rings is 1. The Labute approximate surface area is 156 Å². The Bertz CT molecular complexity index is 1070. The van der Waals surface area contributed by atoms with Crippen LogP contribution in [-0.2, 0) is 6.54 Å². The summed E-state index contributed by atoms with van der Waals surface area (Å²) in [6.07, 6.45) is 2.70. The highest BCUT2D eigenvalue weighted by atomic mass is 79.9. The van der Waals surface area contributed by atoms with E-state index >= 15 is 0 Å². The maximum atomic E-state index is 12.6. The quantitative estimate of drug-likeness (QED) is 0.684. The highest BCUT2D eigenvalue weighted by Gasteiger charge is 2.16. The number of hydrogen-bond donors (Lipinski definition) is 2. The molecule has 0 fully saturated rings. The minimum Gasteiger partial charge on any atom is -0.322 e. The minimum atomic E-state index is -0.674. The molecule has 8 heteroatoms. The number of pyridine rings is 1. The lowest BCUT2D eigenvalue weighted by atomic mass is 10.2. The predicted octanol–water partition coefficient (Wildman–Crippen LogP) is 2.30. The van der Waals surface area contributed by atoms with Gasteiger partial charge in [0.25, 0.3) is 11.5 Å². The first-order chi connectivity index (χ1) is 12.5. The van der Waals surface area contributed by atoms with Gasteiger partial charge in [0, 0.05) is 22.6 Å². The van der Waals surface area contributed by atoms with Crippen LogP contribution < -0.4 is 16.6 Å². The number of carbonyl (C=O) groups is 1. The van der Waals surface area contributed by atoms with Gasteiger partial charge in [-0.25, -0.2) is 4.79 Å². The van der Waals surface area contributed by atoms with Crippen LogP contribution in [0.4, 0.5) is 5.69 Å². The Hall–Kier alpha value is -3.00. The van der Waals surface area contributed by atoms with E-state index in [0.29, 0.717) is 11.4 Å². The number of carbonyl (C=O) groups excluding carboxylic acids is 1. The van der Waals surface area contributed by atoms with Gasteiger partial charge in [0.15, 0.2) is 0 Å². The van der Waals surface area contributed by atoms with Gasteiger partial charge < -0.3 is 10.3 Å². The van der Waals surface area contributed by atoms with Gasteiger partial charge in [-0.1, -0.05) is 22.0 Å². The summed E-state index contributed by atoms with van der Waals surface area (Å²) in [5, 5.41) is 2.69. The molecular weight excluding hydrogens is 400 g/mol. The third-order valence-electron chi connectivity index (χ3n) is 3.79. The average molecular weight is 415 g/mol. The summed E-state index contributed by atoms with van der Waals surface area (Å²) < 4.78 is 1.83. The molecule has 0 aliphatic heterocycles. The Morgan fingerprint density at radius 3 is 2.77 bits per heavy atom. The van der Waals surface area contributed by atoms with Crippen LogP contribution in [-0.4, -0.2) is 20.4 Å². The summed E-state index contributed by atoms with van der Waals surface area (Å²) in [6.45, 7) is 1.82. The molecule has 0 unspecified atom stereocenters. The first kappa shape index (κ1) is 17.8. The number of amides is 1. The number of aromatic nitrogens is 3. The predicted molar refractivity (Wildman–Crippen MR) is 101 cm³/mol. The van der Waals surface area contributed by atoms with Gasteiger partial charge in [0.1, 0.15) is 5.56 Å². The minimum absolute atomic E-state index is 0.0204. The molecule has 2 N–H and O–H groups in total. The van der Waals surface area contributed by atoms with Gasteiger partial charge >= 0.3 is 5.69 Å². The summed E-state index contributed by atoms with van der Waals surface area (Å²) in [7, 11) is 0. The van der Waals surface area contributed by atoms with Gasteiger partial charge in [-0.15, -0.1) is 0 Å². The van der Waals surface area contributed by atoms with Crippen LogP contribution in [0.5, 0.6) is 0 Å². The monoisotopic (exact) mass is 414 g/mol. The second kappa shape index (κ2) is 7.49. The van der Waals surface area contributed by atoms with E-state index in [0.717, 1.165) is 20.8 Å². The van der Waals surface area contributed by atoms with E-state index in [4.69, 9.17) is 0 Å². The smallest absolute Gasteiger partial charge is 0.322 e. The fraction of sp³-hybridized carbons (Fsp3) is 0.111. The van der Waals surface area contributed by atoms with Crippen LogP contribution >= 0.6 is 15.9 Å². The van der Waals surface area contributed by atoms with Crippen LogP contribution in [0.15, 0.2) is 62.9 Å². The highest BCUT2D eigenvalue weighted by molar-refractivity contribution is 9.10. The Balaban J connectivity index is 1.93. The first-order valence-electron chi connectivity index (χ1n) is 7.75. The number of halogens is 1. The van der Waals surface area contributed by atoms with E-state index in [9.17, 15) is 14.4 Å². The zero-order valence-corrected chi connectivity index (χ0v) is 15.4. The van der Waals surface area contributed by atoms with Gasteiger partial charge in [-0.2, -0.15) is 0 Å². The van der Waals surface area contributed by atoms with E-state index in [2.05, 4.69) is 31.2 Å². The molecule has 0 aliphatic rings. The van der Waals surface area contributed by atoms with Gasteiger partial charge in [-0.3, -0.25) is 19.1 Å². The van der Waals surface area contributed by atoms with Crippen molar-refractivity contribution in [2.75, 3.05) is 5.32 Å². The molecular formula is C18H15BrN4O3. The highest BCUT2D eigenvalue weighted by Crippen LogP contribution is 2.20. The molecule has 3 rings (SSSR count). The van der Waals surface area contributed by atoms with Crippen molar-refractivity contribution in [2.45, 2.75) is 13.5 Å². The number of aryl methyl sites for hydroxylation is 1. The molecule has 7 nitrogen and oxygen atoms in total. The van der Waals surface area contributed by atoms with Crippen LogP contribution in [0.1, 0.15) is 21.6 Å². The van der Waals surface area contributed by atoms with Crippen molar-refractivity contribution in [3.05, 3.63) is 90.9 Å². The number of nitrogens with zero attached hydrogens (tertiary/aromatic N) is 2. The van der Waals surface area contributed by atoms with E-state index in [1.54, 1.807) is 36.5 Å². The van der Waals surface area contributed by atoms with Crippen LogP contribution in [0, 0.1) is 6.92 Å². The lowest BCUT2D eigenvalue weighted by molar-refractivity contribution is 0.102. The molecule has 0 atom stereocenters. The van der Waals surface area contributed by atoms with E-state index in [1.165, 1.54) is 0 Å². The van der Waals surface area contributed by atoms with Crippen molar-refractivity contribution in [3.63, 3.8) is 0 Å². The third-order valence-corrected chi connectivity index (χ3v) is 4.28. The second-order valence-corrected chi connectivity index (χ2v) is 6.55. The Morgan fingerprint density at radius 1 is 1.27 bits per heavy atom. The molecule has 1 amide bonds. The summed E-state index contributed by atoms with van der Waals surface area (Å²) in [6, 6.07) is 10.6. The van der Waals surface area contributed by atoms with Gasteiger partial charge in [-0.05, 0) is 42.8 Å². The summed E-state index contributed by atoms with van der Waals surface area (Å²) >= 11 is 3.36.